The van der Waals surface area contributed by atoms with Gasteiger partial charge in [-0.2, -0.15) is 0 Å². The van der Waals surface area contributed by atoms with Crippen molar-refractivity contribution in [2.75, 3.05) is 0 Å². The van der Waals surface area contributed by atoms with E-state index in [0.29, 0.717) is 33.8 Å². The fraction of sp³-hybridized carbons (Fsp3) is 0.351. The zero-order valence-electron chi connectivity index (χ0n) is 45.4. The summed E-state index contributed by atoms with van der Waals surface area (Å²) in [7, 11) is 0. The van der Waals surface area contributed by atoms with Crippen LogP contribution in [0.4, 0.5) is 0 Å². The molecule has 0 unspecified atom stereocenters. The minimum Gasteiger partial charge on any atom is -0.501 e. The van der Waals surface area contributed by atoms with E-state index >= 15 is 0 Å². The van der Waals surface area contributed by atoms with Crippen molar-refractivity contribution < 1.29 is 32.7 Å². The number of pyridine rings is 2. The number of benzene rings is 4. The van der Waals surface area contributed by atoms with Gasteiger partial charge in [0, 0.05) is 62.5 Å². The van der Waals surface area contributed by atoms with E-state index in [1.807, 2.05) is 48.5 Å². The Labute approximate surface area is 403 Å². The summed E-state index contributed by atoms with van der Waals surface area (Å²) in [6.45, 7) is 23.6. The van der Waals surface area contributed by atoms with Gasteiger partial charge >= 0.3 is 0 Å². The molecule has 0 atom stereocenters. The van der Waals surface area contributed by atoms with Gasteiger partial charge in [-0.15, -0.1) is 54.1 Å². The minimum atomic E-state index is -2.37. The number of aryl methyl sites for hydroxylation is 2. The van der Waals surface area contributed by atoms with Gasteiger partial charge in [-0.3, -0.25) is 0 Å². The monoisotopic (exact) mass is 1030 g/mol. The summed E-state index contributed by atoms with van der Waals surface area (Å²) in [5.74, 6) is 2.41. The Balaban J connectivity index is 0.000000399. The average Bonchev–Trinajstić information content (AvgIpc) is 3.65. The van der Waals surface area contributed by atoms with Crippen molar-refractivity contribution in [2.24, 2.45) is 0 Å². The molecule has 0 saturated carbocycles. The van der Waals surface area contributed by atoms with Crippen LogP contribution in [0.3, 0.4) is 0 Å². The molecule has 64 heavy (non-hydrogen) atoms. The quantitative estimate of drug-likeness (QED) is 0.154. The molecule has 0 fully saturated rings. The van der Waals surface area contributed by atoms with Crippen molar-refractivity contribution in [2.45, 2.75) is 132 Å². The van der Waals surface area contributed by atoms with E-state index in [4.69, 9.17) is 32.6 Å². The van der Waals surface area contributed by atoms with Crippen LogP contribution in [-0.4, -0.2) is 24.9 Å². The Morgan fingerprint density at radius 1 is 0.625 bits per heavy atom. The van der Waals surface area contributed by atoms with Crippen LogP contribution in [0.25, 0.3) is 67.0 Å². The van der Waals surface area contributed by atoms with Crippen molar-refractivity contribution in [3.8, 4) is 45.0 Å². The van der Waals surface area contributed by atoms with Gasteiger partial charge in [0.2, 0.25) is 0 Å². The predicted octanol–water partition coefficient (Wildman–Crippen LogP) is 15.3. The van der Waals surface area contributed by atoms with E-state index in [1.165, 1.54) is 18.0 Å². The van der Waals surface area contributed by atoms with E-state index in [2.05, 4.69) is 125 Å². The molecule has 8 aromatic rings. The number of furan rings is 1. The van der Waals surface area contributed by atoms with Crippen LogP contribution in [0.15, 0.2) is 102 Å². The summed E-state index contributed by atoms with van der Waals surface area (Å²) < 4.78 is 54.1. The molecule has 0 aliphatic heterocycles. The first-order chi connectivity index (χ1) is 32.0. The molecular weight excluding hydrogens is 963 g/mol. The molecular formula is C57H63IrN5O-2. The van der Waals surface area contributed by atoms with Gasteiger partial charge in [0.15, 0.2) is 5.82 Å². The normalized spacial score (nSPS) is 13.9. The van der Waals surface area contributed by atoms with Gasteiger partial charge in [0.25, 0.3) is 0 Å². The zero-order chi connectivity index (χ0) is 50.6. The van der Waals surface area contributed by atoms with E-state index < -0.39 is 13.7 Å². The Bertz CT molecular complexity index is 3080. The molecule has 4 aromatic carbocycles. The fourth-order valence-corrected chi connectivity index (χ4v) is 7.49. The second-order valence-corrected chi connectivity index (χ2v) is 20.1. The molecule has 333 valence electrons. The summed E-state index contributed by atoms with van der Waals surface area (Å²) in [4.78, 5) is 23.6. The van der Waals surface area contributed by atoms with Gasteiger partial charge in [0.1, 0.15) is 17.2 Å². The molecule has 8 rings (SSSR count). The van der Waals surface area contributed by atoms with E-state index in [-0.39, 0.29) is 59.3 Å². The third-order valence-corrected chi connectivity index (χ3v) is 11.2. The summed E-state index contributed by atoms with van der Waals surface area (Å²) >= 11 is 0. The maximum absolute atomic E-state index is 8.58. The van der Waals surface area contributed by atoms with Crippen LogP contribution in [0.2, 0.25) is 0 Å². The average molecular weight is 1030 g/mol. The summed E-state index contributed by atoms with van der Waals surface area (Å²) in [6, 6.07) is 33.6. The Morgan fingerprint density at radius 2 is 1.30 bits per heavy atom. The van der Waals surface area contributed by atoms with Crippen LogP contribution in [-0.2, 0) is 36.4 Å². The molecule has 0 amide bonds. The largest absolute Gasteiger partial charge is 0.501 e. The summed E-state index contributed by atoms with van der Waals surface area (Å²) in [5, 5.41) is 1.87. The number of rotatable bonds is 6. The number of aromatic nitrogens is 5. The van der Waals surface area contributed by atoms with Crippen LogP contribution in [0.5, 0.6) is 0 Å². The van der Waals surface area contributed by atoms with Gasteiger partial charge in [-0.05, 0) is 87.4 Å². The molecule has 4 heterocycles. The van der Waals surface area contributed by atoms with Gasteiger partial charge in [0.05, 0.1) is 5.58 Å². The summed E-state index contributed by atoms with van der Waals surface area (Å²) in [5.41, 5.74) is 10.1. The molecule has 0 N–H and O–H groups in total. The van der Waals surface area contributed by atoms with Crippen LogP contribution in [0.1, 0.15) is 150 Å². The third-order valence-electron chi connectivity index (χ3n) is 11.2. The molecule has 0 spiro atoms. The van der Waals surface area contributed by atoms with Crippen molar-refractivity contribution >= 4 is 21.9 Å². The zero-order valence-corrected chi connectivity index (χ0v) is 41.8. The first-order valence-electron chi connectivity index (χ1n) is 24.8. The third kappa shape index (κ3) is 10.3. The standard InChI is InChI=1S/C45H53N4O.C12H10N.Ir/c1-25(2)33-21-29(43(6,7)8)22-34(26(3)4)38(33)35-23-36(46-24-27(35)5)32-17-15-16-31-30-19-18-28(20-37(30)50-39(31)32)40-47-41(44(9,10)11)49-42(48-40)45(12,13)14;1-10-7-8-12(13-9-10)11-5-3-2-4-6-11;/h15-16,18-26H,1-14H3;2-5,7-9H,1H3;/q2*-1;/i5D3;1D3;. The minimum absolute atomic E-state index is 0. The number of hydrogen-bond acceptors (Lipinski definition) is 6. The smallest absolute Gasteiger partial charge is 0.163 e. The van der Waals surface area contributed by atoms with Crippen molar-refractivity contribution in [3.63, 3.8) is 0 Å². The Kier molecular flexibility index (Phi) is 11.7. The predicted molar refractivity (Wildman–Crippen MR) is 262 cm³/mol. The van der Waals surface area contributed by atoms with Crippen LogP contribution < -0.4 is 0 Å². The van der Waals surface area contributed by atoms with Gasteiger partial charge in [-0.25, -0.2) is 15.0 Å². The van der Waals surface area contributed by atoms with Crippen LogP contribution >= 0.6 is 0 Å². The first-order valence-corrected chi connectivity index (χ1v) is 21.8. The number of nitrogens with zero attached hydrogens (tertiary/aromatic N) is 5. The van der Waals surface area contributed by atoms with E-state index in [0.717, 1.165) is 55.9 Å². The number of fused-ring (bicyclic) bond motifs is 3. The van der Waals surface area contributed by atoms with E-state index in [9.17, 15) is 0 Å². The molecule has 0 saturated heterocycles. The fourth-order valence-electron chi connectivity index (χ4n) is 7.49. The molecule has 0 aliphatic rings. The van der Waals surface area contributed by atoms with Crippen molar-refractivity contribution in [1.82, 2.24) is 24.9 Å². The molecule has 7 heteroatoms. The molecule has 1 radical (unpaired) electrons. The second kappa shape index (κ2) is 18.6. The van der Waals surface area contributed by atoms with Gasteiger partial charge < -0.3 is 14.4 Å². The molecule has 0 aliphatic carbocycles. The maximum atomic E-state index is 8.58. The first kappa shape index (κ1) is 40.2. The topological polar surface area (TPSA) is 77.6 Å². The van der Waals surface area contributed by atoms with E-state index in [1.54, 1.807) is 18.2 Å². The van der Waals surface area contributed by atoms with Gasteiger partial charge in [-0.1, -0.05) is 143 Å². The second-order valence-electron chi connectivity index (χ2n) is 20.1. The molecule has 4 aromatic heterocycles. The molecule has 6 nitrogen and oxygen atoms in total. The Morgan fingerprint density at radius 3 is 1.84 bits per heavy atom. The van der Waals surface area contributed by atoms with Crippen molar-refractivity contribution in [1.29, 1.82) is 0 Å². The molecule has 0 bridgehead atoms. The maximum Gasteiger partial charge on any atom is 0.163 e. The summed E-state index contributed by atoms with van der Waals surface area (Å²) in [6.07, 6.45) is 2.92. The Hall–Kier alpha value is -5.36. The van der Waals surface area contributed by atoms with Crippen molar-refractivity contribution in [3.05, 3.63) is 149 Å². The SMILES string of the molecule is [2H]C([2H])([2H])c1ccc(-c2[c-]cccc2)nc1.[2H]C([2H])([2H])c1cnc(-c2[c-]ccc3c2oc2cc(-c4nc(C(C)(C)C)nc(C(C)(C)C)n4)ccc23)cc1-c1c(C(C)C)cc(C(C)(C)C)cc1C(C)C.[Ir]. The number of hydrogen-bond donors (Lipinski definition) is 0. The van der Waals surface area contributed by atoms with Crippen LogP contribution in [0, 0.1) is 25.8 Å².